The van der Waals surface area contributed by atoms with Gasteiger partial charge in [-0.3, -0.25) is 19.8 Å². The maximum atomic E-state index is 12.7. The molecule has 0 aromatic heterocycles. The quantitative estimate of drug-likeness (QED) is 0.642. The fourth-order valence-corrected chi connectivity index (χ4v) is 3.46. The van der Waals surface area contributed by atoms with Gasteiger partial charge in [0.1, 0.15) is 5.56 Å². The van der Waals surface area contributed by atoms with Gasteiger partial charge in [0.05, 0.1) is 11.0 Å². The lowest BCUT2D eigenvalue weighted by atomic mass is 10.1. The first-order valence-corrected chi connectivity index (χ1v) is 8.75. The van der Waals surface area contributed by atoms with Crippen LogP contribution in [-0.4, -0.2) is 41.7 Å². The molecule has 2 aliphatic rings. The van der Waals surface area contributed by atoms with Crippen molar-refractivity contribution in [1.82, 2.24) is 10.2 Å². The van der Waals surface area contributed by atoms with Crippen LogP contribution in [0.15, 0.2) is 42.5 Å². The summed E-state index contributed by atoms with van der Waals surface area (Å²) in [5.74, 6) is 0.169. The van der Waals surface area contributed by atoms with E-state index in [0.29, 0.717) is 12.3 Å². The predicted molar refractivity (Wildman–Crippen MR) is 96.8 cm³/mol. The Hall–Kier alpha value is -3.13. The summed E-state index contributed by atoms with van der Waals surface area (Å²) in [5, 5.41) is 14.3. The standard InChI is InChI=1S/C19H19N3O5/c23-19(15-8-17-18(27-12-26-17)9-16(15)22(24)25)20-14-6-7-21(11-14)10-13-4-2-1-3-5-13/h1-5,8-9,14H,6-7,10-12H2,(H,20,23)/t14-/m1/s1. The Morgan fingerprint density at radius 1 is 1.22 bits per heavy atom. The molecule has 4 rings (SSSR count). The molecule has 0 aliphatic carbocycles. The molecule has 1 N–H and O–H groups in total. The van der Waals surface area contributed by atoms with Crippen molar-refractivity contribution in [3.63, 3.8) is 0 Å². The zero-order valence-corrected chi connectivity index (χ0v) is 14.6. The summed E-state index contributed by atoms with van der Waals surface area (Å²) in [5.41, 5.74) is 0.928. The van der Waals surface area contributed by atoms with Crippen LogP contribution in [0.4, 0.5) is 5.69 Å². The van der Waals surface area contributed by atoms with Crippen molar-refractivity contribution in [3.8, 4) is 11.5 Å². The molecule has 1 fully saturated rings. The van der Waals surface area contributed by atoms with Gasteiger partial charge < -0.3 is 14.8 Å². The van der Waals surface area contributed by atoms with Crippen molar-refractivity contribution in [2.24, 2.45) is 0 Å². The van der Waals surface area contributed by atoms with Gasteiger partial charge in [-0.15, -0.1) is 0 Å². The Kier molecular flexibility index (Phi) is 4.64. The Morgan fingerprint density at radius 3 is 2.70 bits per heavy atom. The lowest BCUT2D eigenvalue weighted by molar-refractivity contribution is -0.385. The summed E-state index contributed by atoms with van der Waals surface area (Å²) in [6.45, 7) is 2.38. The molecular weight excluding hydrogens is 350 g/mol. The minimum absolute atomic E-state index is 0.00533. The van der Waals surface area contributed by atoms with Crippen LogP contribution in [0.25, 0.3) is 0 Å². The van der Waals surface area contributed by atoms with Crippen molar-refractivity contribution in [1.29, 1.82) is 0 Å². The Labute approximate surface area is 155 Å². The van der Waals surface area contributed by atoms with Crippen LogP contribution in [0.1, 0.15) is 22.3 Å². The average molecular weight is 369 g/mol. The largest absolute Gasteiger partial charge is 0.454 e. The van der Waals surface area contributed by atoms with Gasteiger partial charge in [0, 0.05) is 31.7 Å². The van der Waals surface area contributed by atoms with Crippen LogP contribution < -0.4 is 14.8 Å². The summed E-state index contributed by atoms with van der Waals surface area (Å²) in [4.78, 5) is 25.7. The van der Waals surface area contributed by atoms with E-state index in [1.54, 1.807) is 0 Å². The molecule has 2 aliphatic heterocycles. The van der Waals surface area contributed by atoms with Crippen molar-refractivity contribution in [2.75, 3.05) is 19.9 Å². The van der Waals surface area contributed by atoms with E-state index in [-0.39, 0.29) is 29.8 Å². The summed E-state index contributed by atoms with van der Waals surface area (Å²) < 4.78 is 10.4. The van der Waals surface area contributed by atoms with Crippen molar-refractivity contribution in [3.05, 3.63) is 63.7 Å². The number of ether oxygens (including phenoxy) is 2. The fraction of sp³-hybridized carbons (Fsp3) is 0.316. The van der Waals surface area contributed by atoms with Gasteiger partial charge in [0.2, 0.25) is 6.79 Å². The first-order valence-electron chi connectivity index (χ1n) is 8.75. The number of nitrogens with one attached hydrogen (secondary N) is 1. The maximum absolute atomic E-state index is 12.7. The third kappa shape index (κ3) is 3.70. The van der Waals surface area contributed by atoms with E-state index in [9.17, 15) is 14.9 Å². The number of hydrogen-bond acceptors (Lipinski definition) is 6. The Morgan fingerprint density at radius 2 is 1.96 bits per heavy atom. The lowest BCUT2D eigenvalue weighted by Gasteiger charge is -2.17. The van der Waals surface area contributed by atoms with Gasteiger partial charge in [-0.2, -0.15) is 0 Å². The molecule has 8 heteroatoms. The lowest BCUT2D eigenvalue weighted by Crippen LogP contribution is -2.37. The Bertz CT molecular complexity index is 871. The third-order valence-electron chi connectivity index (χ3n) is 4.79. The summed E-state index contributed by atoms with van der Waals surface area (Å²) in [6, 6.07) is 12.7. The Balaban J connectivity index is 1.43. The van der Waals surface area contributed by atoms with Gasteiger partial charge in [-0.25, -0.2) is 0 Å². The normalized spacial score (nSPS) is 18.4. The maximum Gasteiger partial charge on any atom is 0.286 e. The molecule has 2 heterocycles. The summed E-state index contributed by atoms with van der Waals surface area (Å²) in [6.07, 6.45) is 0.803. The monoisotopic (exact) mass is 369 g/mol. The number of benzene rings is 2. The van der Waals surface area contributed by atoms with Gasteiger partial charge in [-0.05, 0) is 12.0 Å². The molecule has 1 amide bonds. The van der Waals surface area contributed by atoms with Gasteiger partial charge in [0.15, 0.2) is 11.5 Å². The highest BCUT2D eigenvalue weighted by molar-refractivity contribution is 5.99. The number of likely N-dealkylation sites (tertiary alicyclic amines) is 1. The molecule has 8 nitrogen and oxygen atoms in total. The fourth-order valence-electron chi connectivity index (χ4n) is 3.46. The second kappa shape index (κ2) is 7.24. The number of amides is 1. The predicted octanol–water partition coefficient (Wildman–Crippen LogP) is 2.33. The molecule has 0 saturated carbocycles. The topological polar surface area (TPSA) is 93.9 Å². The number of carbonyl (C=O) groups is 1. The number of nitro benzene ring substituents is 1. The van der Waals surface area contributed by atoms with Gasteiger partial charge in [0.25, 0.3) is 11.6 Å². The molecule has 0 radical (unpaired) electrons. The second-order valence-electron chi connectivity index (χ2n) is 6.66. The number of carbonyl (C=O) groups excluding carboxylic acids is 1. The van der Waals surface area contributed by atoms with Crippen molar-refractivity contribution < 1.29 is 19.2 Å². The van der Waals surface area contributed by atoms with E-state index in [1.165, 1.54) is 17.7 Å². The van der Waals surface area contributed by atoms with Gasteiger partial charge in [-0.1, -0.05) is 30.3 Å². The van der Waals surface area contributed by atoms with Crippen molar-refractivity contribution >= 4 is 11.6 Å². The summed E-state index contributed by atoms with van der Waals surface area (Å²) in [7, 11) is 0. The van der Waals surface area contributed by atoms with E-state index in [2.05, 4.69) is 22.3 Å². The highest BCUT2D eigenvalue weighted by Gasteiger charge is 2.30. The molecule has 2 aromatic carbocycles. The first kappa shape index (κ1) is 17.3. The molecular formula is C19H19N3O5. The number of rotatable bonds is 5. The molecule has 1 atom stereocenters. The van der Waals surface area contributed by atoms with Crippen LogP contribution in [0.3, 0.4) is 0 Å². The van der Waals surface area contributed by atoms with E-state index in [0.717, 1.165) is 19.5 Å². The van der Waals surface area contributed by atoms with E-state index < -0.39 is 10.8 Å². The number of hydrogen-bond donors (Lipinski definition) is 1. The SMILES string of the molecule is O=C(N[C@@H]1CCN(Cc2ccccc2)C1)c1cc2c(cc1[N+](=O)[O-])OCO2. The molecule has 2 aromatic rings. The first-order chi connectivity index (χ1) is 13.1. The number of nitrogens with zero attached hydrogens (tertiary/aromatic N) is 2. The van der Waals surface area contributed by atoms with Crippen molar-refractivity contribution in [2.45, 2.75) is 19.0 Å². The number of nitro groups is 1. The molecule has 0 unspecified atom stereocenters. The van der Waals surface area contributed by atoms with E-state index in [4.69, 9.17) is 9.47 Å². The van der Waals surface area contributed by atoms with E-state index >= 15 is 0 Å². The van der Waals surface area contributed by atoms with Crippen LogP contribution in [0.2, 0.25) is 0 Å². The average Bonchev–Trinajstić information content (AvgIpc) is 3.30. The zero-order chi connectivity index (χ0) is 18.8. The molecule has 0 bridgehead atoms. The van der Waals surface area contributed by atoms with E-state index in [1.807, 2.05) is 18.2 Å². The molecule has 1 saturated heterocycles. The highest BCUT2D eigenvalue weighted by Crippen LogP contribution is 2.38. The molecule has 140 valence electrons. The van der Waals surface area contributed by atoms with Crippen LogP contribution in [0.5, 0.6) is 11.5 Å². The second-order valence-corrected chi connectivity index (χ2v) is 6.66. The third-order valence-corrected chi connectivity index (χ3v) is 4.79. The summed E-state index contributed by atoms with van der Waals surface area (Å²) >= 11 is 0. The minimum Gasteiger partial charge on any atom is -0.454 e. The van der Waals surface area contributed by atoms with Crippen LogP contribution in [0, 0.1) is 10.1 Å². The molecule has 27 heavy (non-hydrogen) atoms. The zero-order valence-electron chi connectivity index (χ0n) is 14.6. The highest BCUT2D eigenvalue weighted by atomic mass is 16.7. The molecule has 0 spiro atoms. The van der Waals surface area contributed by atoms with Crippen LogP contribution in [-0.2, 0) is 6.54 Å². The van der Waals surface area contributed by atoms with Crippen LogP contribution >= 0.6 is 0 Å². The minimum atomic E-state index is -0.576. The number of fused-ring (bicyclic) bond motifs is 1. The smallest absolute Gasteiger partial charge is 0.286 e. The van der Waals surface area contributed by atoms with Gasteiger partial charge >= 0.3 is 0 Å².